The number of amides is 3. The summed E-state index contributed by atoms with van der Waals surface area (Å²) in [7, 11) is 0. The quantitative estimate of drug-likeness (QED) is 0.549. The van der Waals surface area contributed by atoms with Gasteiger partial charge >= 0.3 is 0 Å². The summed E-state index contributed by atoms with van der Waals surface area (Å²) in [6.45, 7) is 1.34. The topological polar surface area (TPSA) is 78.5 Å². The molecule has 0 spiro atoms. The number of hydrogen-bond acceptors (Lipinski definition) is 3. The van der Waals surface area contributed by atoms with Gasteiger partial charge in [0.2, 0.25) is 11.8 Å². The van der Waals surface area contributed by atoms with Crippen molar-refractivity contribution in [1.82, 2.24) is 10.2 Å². The second-order valence-corrected chi connectivity index (χ2v) is 7.49. The molecule has 0 bridgehead atoms. The monoisotopic (exact) mass is 451 g/mol. The molecule has 8 heteroatoms. The van der Waals surface area contributed by atoms with E-state index in [9.17, 15) is 23.2 Å². The zero-order valence-electron chi connectivity index (χ0n) is 18.0. The molecular formula is C25H23F2N3O3. The standard InChI is InChI=1S/C25H23F2N3O3/c1-17-2-12-22(13-3-17)29-23(31)14-28-24(32)16-30(15-18-4-8-20(26)9-5-18)25(33)19-6-10-21(27)11-7-19/h2-13H,14-16H2,1H3,(H,28,32)(H,29,31). The fourth-order valence-corrected chi connectivity index (χ4v) is 3.03. The molecule has 0 aliphatic carbocycles. The predicted molar refractivity (Wildman–Crippen MR) is 120 cm³/mol. The maximum atomic E-state index is 13.2. The highest BCUT2D eigenvalue weighted by molar-refractivity contribution is 5.98. The first-order chi connectivity index (χ1) is 15.8. The third-order valence-electron chi connectivity index (χ3n) is 4.78. The first-order valence-electron chi connectivity index (χ1n) is 10.2. The highest BCUT2D eigenvalue weighted by Gasteiger charge is 2.20. The van der Waals surface area contributed by atoms with Gasteiger partial charge in [0.25, 0.3) is 5.91 Å². The zero-order chi connectivity index (χ0) is 23.8. The maximum Gasteiger partial charge on any atom is 0.254 e. The number of halogens is 2. The van der Waals surface area contributed by atoms with Crippen molar-refractivity contribution in [1.29, 1.82) is 0 Å². The summed E-state index contributed by atoms with van der Waals surface area (Å²) in [5.74, 6) is -2.38. The summed E-state index contributed by atoms with van der Waals surface area (Å²) < 4.78 is 26.5. The molecule has 0 unspecified atom stereocenters. The average molecular weight is 451 g/mol. The first kappa shape index (κ1) is 23.6. The van der Waals surface area contributed by atoms with Crippen molar-refractivity contribution in [2.24, 2.45) is 0 Å². The summed E-state index contributed by atoms with van der Waals surface area (Å²) in [6, 6.07) is 17.7. The zero-order valence-corrected chi connectivity index (χ0v) is 18.0. The predicted octanol–water partition coefficient (Wildman–Crippen LogP) is 3.67. The lowest BCUT2D eigenvalue weighted by Crippen LogP contribution is -2.42. The molecule has 33 heavy (non-hydrogen) atoms. The van der Waals surface area contributed by atoms with E-state index in [1.54, 1.807) is 12.1 Å². The van der Waals surface area contributed by atoms with Crippen LogP contribution in [0.3, 0.4) is 0 Å². The first-order valence-corrected chi connectivity index (χ1v) is 10.2. The molecule has 6 nitrogen and oxygen atoms in total. The van der Waals surface area contributed by atoms with Crippen molar-refractivity contribution in [3.8, 4) is 0 Å². The Labute approximate surface area is 190 Å². The smallest absolute Gasteiger partial charge is 0.254 e. The highest BCUT2D eigenvalue weighted by atomic mass is 19.1. The minimum Gasteiger partial charge on any atom is -0.345 e. The maximum absolute atomic E-state index is 13.2. The second kappa shape index (κ2) is 11.0. The van der Waals surface area contributed by atoms with Crippen LogP contribution in [0.5, 0.6) is 0 Å². The fourth-order valence-electron chi connectivity index (χ4n) is 3.03. The third kappa shape index (κ3) is 7.24. The fraction of sp³-hybridized carbons (Fsp3) is 0.160. The van der Waals surface area contributed by atoms with E-state index in [-0.39, 0.29) is 25.2 Å². The van der Waals surface area contributed by atoms with Crippen LogP contribution in [0.4, 0.5) is 14.5 Å². The van der Waals surface area contributed by atoms with E-state index in [0.717, 1.165) is 17.7 Å². The molecule has 0 fully saturated rings. The molecule has 3 rings (SSSR count). The van der Waals surface area contributed by atoms with Gasteiger partial charge in [0.1, 0.15) is 18.2 Å². The normalized spacial score (nSPS) is 10.4. The van der Waals surface area contributed by atoms with Crippen molar-refractivity contribution >= 4 is 23.4 Å². The number of hydrogen-bond donors (Lipinski definition) is 2. The van der Waals surface area contributed by atoms with Crippen LogP contribution in [0.15, 0.2) is 72.8 Å². The van der Waals surface area contributed by atoms with E-state index in [1.165, 1.54) is 41.3 Å². The Kier molecular flexibility index (Phi) is 7.86. The summed E-state index contributed by atoms with van der Waals surface area (Å²) in [5.41, 5.74) is 2.46. The van der Waals surface area contributed by atoms with Crippen molar-refractivity contribution in [3.05, 3.63) is 101 Å². The molecule has 3 aromatic carbocycles. The Hall–Kier alpha value is -4.07. The third-order valence-corrected chi connectivity index (χ3v) is 4.78. The van der Waals surface area contributed by atoms with Gasteiger partial charge < -0.3 is 15.5 Å². The van der Waals surface area contributed by atoms with E-state index >= 15 is 0 Å². The lowest BCUT2D eigenvalue weighted by Gasteiger charge is -2.22. The number of carbonyl (C=O) groups is 3. The van der Waals surface area contributed by atoms with Crippen molar-refractivity contribution in [2.45, 2.75) is 13.5 Å². The van der Waals surface area contributed by atoms with E-state index < -0.39 is 29.4 Å². The van der Waals surface area contributed by atoms with E-state index in [1.807, 2.05) is 19.1 Å². The summed E-state index contributed by atoms with van der Waals surface area (Å²) in [6.07, 6.45) is 0. The van der Waals surface area contributed by atoms with E-state index in [0.29, 0.717) is 11.3 Å². The molecule has 0 aromatic heterocycles. The van der Waals surface area contributed by atoms with Crippen molar-refractivity contribution < 1.29 is 23.2 Å². The SMILES string of the molecule is Cc1ccc(NC(=O)CNC(=O)CN(Cc2ccc(F)cc2)C(=O)c2ccc(F)cc2)cc1. The van der Waals surface area contributed by atoms with Gasteiger partial charge in [0.05, 0.1) is 6.54 Å². The largest absolute Gasteiger partial charge is 0.345 e. The van der Waals surface area contributed by atoms with Crippen LogP contribution in [0.25, 0.3) is 0 Å². The minimum absolute atomic E-state index is 0.0273. The van der Waals surface area contributed by atoms with Gasteiger partial charge in [-0.15, -0.1) is 0 Å². The summed E-state index contributed by atoms with van der Waals surface area (Å²) >= 11 is 0. The molecule has 0 heterocycles. The molecule has 3 amide bonds. The second-order valence-electron chi connectivity index (χ2n) is 7.49. The number of aryl methyl sites for hydroxylation is 1. The van der Waals surface area contributed by atoms with Crippen LogP contribution in [0.2, 0.25) is 0 Å². The van der Waals surface area contributed by atoms with Gasteiger partial charge in [-0.3, -0.25) is 14.4 Å². The Morgan fingerprint density at radius 3 is 1.97 bits per heavy atom. The molecule has 2 N–H and O–H groups in total. The van der Waals surface area contributed by atoms with Crippen molar-refractivity contribution in [2.75, 3.05) is 18.4 Å². The van der Waals surface area contributed by atoms with Gasteiger partial charge in [-0.1, -0.05) is 29.8 Å². The number of nitrogens with one attached hydrogen (secondary N) is 2. The number of carbonyl (C=O) groups excluding carboxylic acids is 3. The van der Waals surface area contributed by atoms with Crippen LogP contribution < -0.4 is 10.6 Å². The Bertz CT molecular complexity index is 1120. The highest BCUT2D eigenvalue weighted by Crippen LogP contribution is 2.12. The van der Waals surface area contributed by atoms with Gasteiger partial charge in [-0.2, -0.15) is 0 Å². The van der Waals surface area contributed by atoms with Crippen LogP contribution in [-0.2, 0) is 16.1 Å². The van der Waals surface area contributed by atoms with E-state index in [2.05, 4.69) is 10.6 Å². The number of nitrogens with zero attached hydrogens (tertiary/aromatic N) is 1. The molecule has 0 radical (unpaired) electrons. The number of rotatable bonds is 8. The number of anilines is 1. The Morgan fingerprint density at radius 1 is 0.788 bits per heavy atom. The average Bonchev–Trinajstić information content (AvgIpc) is 2.80. The van der Waals surface area contributed by atoms with Crippen LogP contribution in [0.1, 0.15) is 21.5 Å². The lowest BCUT2D eigenvalue weighted by atomic mass is 10.1. The number of benzene rings is 3. The van der Waals surface area contributed by atoms with Crippen molar-refractivity contribution in [3.63, 3.8) is 0 Å². The molecule has 0 aliphatic rings. The lowest BCUT2D eigenvalue weighted by molar-refractivity contribution is -0.124. The van der Waals surface area contributed by atoms with Gasteiger partial charge in [-0.25, -0.2) is 8.78 Å². The van der Waals surface area contributed by atoms with Gasteiger partial charge in [0.15, 0.2) is 0 Å². The molecule has 170 valence electrons. The minimum atomic E-state index is -0.549. The molecule has 0 saturated carbocycles. The summed E-state index contributed by atoms with van der Waals surface area (Å²) in [4.78, 5) is 38.8. The van der Waals surface area contributed by atoms with Crippen LogP contribution in [0, 0.1) is 18.6 Å². The Balaban J connectivity index is 1.63. The van der Waals surface area contributed by atoms with E-state index in [4.69, 9.17) is 0 Å². The summed E-state index contributed by atoms with van der Waals surface area (Å²) in [5, 5.41) is 5.16. The van der Waals surface area contributed by atoms with Crippen LogP contribution in [-0.4, -0.2) is 35.7 Å². The molecular weight excluding hydrogens is 428 g/mol. The molecule has 3 aromatic rings. The van der Waals surface area contributed by atoms with Gasteiger partial charge in [0, 0.05) is 17.8 Å². The van der Waals surface area contributed by atoms with Crippen LogP contribution >= 0.6 is 0 Å². The Morgan fingerprint density at radius 2 is 1.36 bits per heavy atom. The molecule has 0 saturated heterocycles. The van der Waals surface area contributed by atoms with Gasteiger partial charge in [-0.05, 0) is 61.0 Å². The molecule has 0 atom stereocenters. The molecule has 0 aliphatic heterocycles.